The number of hydrogen-bond acceptors (Lipinski definition) is 1. The Balaban J connectivity index is 1.45. The standard InChI is InChI=1S/C23H28N2O/c1-2-19-26-23-13-7-6-12-22(23)20-25-17-15-24(16-18-25)14-8-11-21-9-4-3-5-10-21/h2-13H,1,14-20H2/p+2/b11-8+. The Morgan fingerprint density at radius 1 is 0.885 bits per heavy atom. The molecule has 0 aromatic heterocycles. The average Bonchev–Trinajstić information content (AvgIpc) is 2.69. The number of nitrogens with one attached hydrogen (secondary N) is 2. The number of benzene rings is 2. The lowest BCUT2D eigenvalue weighted by molar-refractivity contribution is -1.02. The van der Waals surface area contributed by atoms with Gasteiger partial charge in [0.15, 0.2) is 0 Å². The zero-order valence-corrected chi connectivity index (χ0v) is 15.5. The van der Waals surface area contributed by atoms with E-state index in [-0.39, 0.29) is 0 Å². The first-order chi connectivity index (χ1) is 12.8. The van der Waals surface area contributed by atoms with Crippen molar-refractivity contribution < 1.29 is 14.5 Å². The first kappa shape index (κ1) is 18.4. The molecule has 1 saturated heterocycles. The summed E-state index contributed by atoms with van der Waals surface area (Å²) in [6, 6.07) is 18.9. The molecule has 136 valence electrons. The molecule has 1 aliphatic heterocycles. The first-order valence-corrected chi connectivity index (χ1v) is 9.55. The van der Waals surface area contributed by atoms with Gasteiger partial charge in [-0.15, -0.1) is 0 Å². The maximum absolute atomic E-state index is 5.80. The zero-order valence-electron chi connectivity index (χ0n) is 15.5. The van der Waals surface area contributed by atoms with E-state index in [9.17, 15) is 0 Å². The molecule has 0 atom stereocenters. The second kappa shape index (κ2) is 9.95. The summed E-state index contributed by atoms with van der Waals surface area (Å²) < 4.78 is 5.80. The maximum atomic E-state index is 5.80. The molecular formula is C23H30N2O+2. The first-order valence-electron chi connectivity index (χ1n) is 9.55. The van der Waals surface area contributed by atoms with Crippen molar-refractivity contribution in [2.24, 2.45) is 0 Å². The van der Waals surface area contributed by atoms with Gasteiger partial charge in [-0.25, -0.2) is 0 Å². The third-order valence-electron chi connectivity index (χ3n) is 4.95. The van der Waals surface area contributed by atoms with Gasteiger partial charge in [0, 0.05) is 5.56 Å². The molecule has 2 aromatic carbocycles. The SMILES string of the molecule is C=CCOc1ccccc1C[NH+]1CC[NH+](C/C=C/c2ccccc2)CC1. The summed E-state index contributed by atoms with van der Waals surface area (Å²) in [5.74, 6) is 1.00. The number of rotatable bonds is 8. The highest BCUT2D eigenvalue weighted by Crippen LogP contribution is 2.16. The van der Waals surface area contributed by atoms with Gasteiger partial charge < -0.3 is 14.5 Å². The molecule has 0 bridgehead atoms. The Morgan fingerprint density at radius 3 is 2.35 bits per heavy atom. The van der Waals surface area contributed by atoms with Crippen LogP contribution in [0, 0.1) is 0 Å². The zero-order chi connectivity index (χ0) is 18.0. The van der Waals surface area contributed by atoms with Crippen LogP contribution in [-0.2, 0) is 6.54 Å². The molecule has 26 heavy (non-hydrogen) atoms. The van der Waals surface area contributed by atoms with Gasteiger partial charge in [0.25, 0.3) is 0 Å². The largest absolute Gasteiger partial charge is 0.489 e. The minimum Gasteiger partial charge on any atom is -0.489 e. The van der Waals surface area contributed by atoms with Crippen LogP contribution >= 0.6 is 0 Å². The monoisotopic (exact) mass is 350 g/mol. The van der Waals surface area contributed by atoms with Crippen LogP contribution in [0.5, 0.6) is 5.75 Å². The van der Waals surface area contributed by atoms with Gasteiger partial charge in [-0.3, -0.25) is 0 Å². The molecule has 0 unspecified atom stereocenters. The van der Waals surface area contributed by atoms with Crippen LogP contribution in [-0.4, -0.2) is 39.3 Å². The van der Waals surface area contributed by atoms with Crippen LogP contribution in [0.3, 0.4) is 0 Å². The van der Waals surface area contributed by atoms with E-state index >= 15 is 0 Å². The molecule has 0 saturated carbocycles. The number of para-hydroxylation sites is 1. The molecule has 3 heteroatoms. The lowest BCUT2D eigenvalue weighted by Crippen LogP contribution is -3.27. The van der Waals surface area contributed by atoms with Gasteiger partial charge in [-0.05, 0) is 23.8 Å². The number of hydrogen-bond donors (Lipinski definition) is 2. The van der Waals surface area contributed by atoms with Gasteiger partial charge >= 0.3 is 0 Å². The quantitative estimate of drug-likeness (QED) is 0.686. The van der Waals surface area contributed by atoms with E-state index in [1.165, 1.54) is 37.3 Å². The Kier molecular flexibility index (Phi) is 7.05. The minimum atomic E-state index is 0.567. The molecule has 2 aromatic rings. The van der Waals surface area contributed by atoms with E-state index < -0.39 is 0 Å². The molecular weight excluding hydrogens is 320 g/mol. The number of quaternary nitrogens is 2. The number of piperazine rings is 1. The predicted octanol–water partition coefficient (Wildman–Crippen LogP) is 1.25. The third kappa shape index (κ3) is 5.58. The van der Waals surface area contributed by atoms with Crippen LogP contribution in [0.2, 0.25) is 0 Å². The highest BCUT2D eigenvalue weighted by atomic mass is 16.5. The summed E-state index contributed by atoms with van der Waals surface area (Å²) in [6.45, 7) is 11.3. The fourth-order valence-corrected chi connectivity index (χ4v) is 3.47. The second-order valence-electron chi connectivity index (χ2n) is 6.90. The molecule has 0 radical (unpaired) electrons. The molecule has 0 amide bonds. The van der Waals surface area contributed by atoms with Gasteiger partial charge in [0.05, 0.1) is 6.54 Å². The summed E-state index contributed by atoms with van der Waals surface area (Å²) in [5.41, 5.74) is 2.59. The van der Waals surface area contributed by atoms with Gasteiger partial charge in [-0.2, -0.15) is 0 Å². The smallest absolute Gasteiger partial charge is 0.128 e. The van der Waals surface area contributed by atoms with Crippen LogP contribution in [0.4, 0.5) is 0 Å². The summed E-state index contributed by atoms with van der Waals surface area (Å²) in [7, 11) is 0. The maximum Gasteiger partial charge on any atom is 0.128 e. The molecule has 1 heterocycles. The predicted molar refractivity (Wildman–Crippen MR) is 108 cm³/mol. The topological polar surface area (TPSA) is 18.1 Å². The van der Waals surface area contributed by atoms with Gasteiger partial charge in [-0.1, -0.05) is 61.2 Å². The van der Waals surface area contributed by atoms with E-state index in [1.54, 1.807) is 15.9 Å². The van der Waals surface area contributed by atoms with E-state index in [0.29, 0.717) is 6.61 Å². The van der Waals surface area contributed by atoms with Crippen molar-refractivity contribution in [3.05, 3.63) is 84.5 Å². The highest BCUT2D eigenvalue weighted by molar-refractivity contribution is 5.48. The Morgan fingerprint density at radius 2 is 1.58 bits per heavy atom. The number of ether oxygens (including phenoxy) is 1. The van der Waals surface area contributed by atoms with Crippen LogP contribution in [0.1, 0.15) is 11.1 Å². The Bertz CT molecular complexity index is 703. The molecule has 3 rings (SSSR count). The van der Waals surface area contributed by atoms with Gasteiger partial charge in [0.1, 0.15) is 45.1 Å². The van der Waals surface area contributed by atoms with Crippen molar-refractivity contribution in [2.45, 2.75) is 6.54 Å². The van der Waals surface area contributed by atoms with E-state index in [0.717, 1.165) is 18.8 Å². The molecule has 1 fully saturated rings. The van der Waals surface area contributed by atoms with Crippen LogP contribution in [0.25, 0.3) is 6.08 Å². The average molecular weight is 351 g/mol. The van der Waals surface area contributed by atoms with E-state index in [1.807, 2.05) is 6.07 Å². The third-order valence-corrected chi connectivity index (χ3v) is 4.95. The van der Waals surface area contributed by atoms with Crippen LogP contribution in [0.15, 0.2) is 73.3 Å². The van der Waals surface area contributed by atoms with Gasteiger partial charge in [0.2, 0.25) is 0 Å². The summed E-state index contributed by atoms with van der Waals surface area (Å²) in [6.07, 6.45) is 6.35. The highest BCUT2D eigenvalue weighted by Gasteiger charge is 2.23. The minimum absolute atomic E-state index is 0.567. The van der Waals surface area contributed by atoms with Crippen molar-refractivity contribution in [2.75, 3.05) is 39.3 Å². The second-order valence-corrected chi connectivity index (χ2v) is 6.90. The summed E-state index contributed by atoms with van der Waals surface area (Å²) >= 11 is 0. The molecule has 0 aliphatic carbocycles. The Labute approximate surface area is 157 Å². The van der Waals surface area contributed by atoms with E-state index in [2.05, 4.69) is 67.3 Å². The van der Waals surface area contributed by atoms with E-state index in [4.69, 9.17) is 4.74 Å². The molecule has 1 aliphatic rings. The van der Waals surface area contributed by atoms with Crippen molar-refractivity contribution >= 4 is 6.08 Å². The van der Waals surface area contributed by atoms with Crippen molar-refractivity contribution in [3.63, 3.8) is 0 Å². The van der Waals surface area contributed by atoms with Crippen molar-refractivity contribution in [1.82, 2.24) is 0 Å². The summed E-state index contributed by atoms with van der Waals surface area (Å²) in [5, 5.41) is 0. The fourth-order valence-electron chi connectivity index (χ4n) is 3.47. The molecule has 0 spiro atoms. The van der Waals surface area contributed by atoms with Crippen molar-refractivity contribution in [1.29, 1.82) is 0 Å². The summed E-state index contributed by atoms with van der Waals surface area (Å²) in [4.78, 5) is 3.33. The molecule has 2 N–H and O–H groups in total. The molecule has 3 nitrogen and oxygen atoms in total. The van der Waals surface area contributed by atoms with Crippen molar-refractivity contribution in [3.8, 4) is 5.75 Å². The lowest BCUT2D eigenvalue weighted by atomic mass is 10.1. The Hall–Kier alpha value is -2.36. The fraction of sp³-hybridized carbons (Fsp3) is 0.304. The van der Waals surface area contributed by atoms with Crippen LogP contribution < -0.4 is 14.5 Å². The lowest BCUT2D eigenvalue weighted by Gasteiger charge is -2.29. The normalized spacial score (nSPS) is 20.2.